The van der Waals surface area contributed by atoms with Gasteiger partial charge < -0.3 is 39.9 Å². The summed E-state index contributed by atoms with van der Waals surface area (Å²) in [5.74, 6) is -0.625. The minimum absolute atomic E-state index is 0.0976. The van der Waals surface area contributed by atoms with Gasteiger partial charge >= 0.3 is 14.8 Å². The van der Waals surface area contributed by atoms with E-state index >= 15 is 0 Å². The van der Waals surface area contributed by atoms with Crippen LogP contribution in [0.5, 0.6) is 0 Å². The summed E-state index contributed by atoms with van der Waals surface area (Å²) in [5.41, 5.74) is 0. The lowest BCUT2D eigenvalue weighted by atomic mass is 10.1. The van der Waals surface area contributed by atoms with Crippen LogP contribution in [0.25, 0.3) is 0 Å². The molecule has 0 saturated heterocycles. The van der Waals surface area contributed by atoms with Gasteiger partial charge in [0, 0.05) is 64.9 Å². The highest BCUT2D eigenvalue weighted by atomic mass is 28.4. The molecule has 0 aromatic heterocycles. The van der Waals surface area contributed by atoms with Gasteiger partial charge in [-0.05, 0) is 52.9 Å². The van der Waals surface area contributed by atoms with Crippen molar-refractivity contribution in [1.82, 2.24) is 26.6 Å². The second kappa shape index (κ2) is 39.6. The normalized spacial score (nSPS) is 11.9. The van der Waals surface area contributed by atoms with Gasteiger partial charge in [0.1, 0.15) is 6.04 Å². The Kier molecular flexibility index (Phi) is 38.0. The minimum atomic E-state index is -2.75. The molecule has 0 rings (SSSR count). The third kappa shape index (κ3) is 32.8. The van der Waals surface area contributed by atoms with Crippen LogP contribution in [0.1, 0.15) is 195 Å². The number of nitrogens with one attached hydrogen (secondary N) is 5. The van der Waals surface area contributed by atoms with E-state index < -0.39 is 14.8 Å². The van der Waals surface area contributed by atoms with Crippen molar-refractivity contribution in [1.29, 1.82) is 0 Å². The van der Waals surface area contributed by atoms with Gasteiger partial charge in [0.25, 0.3) is 0 Å². The van der Waals surface area contributed by atoms with Crippen LogP contribution in [-0.4, -0.2) is 84.6 Å². The molecule has 0 saturated carbocycles. The molecule has 0 aliphatic rings. The predicted octanol–water partition coefficient (Wildman–Crippen LogP) is 8.84. The first-order valence-electron chi connectivity index (χ1n) is 23.0. The fourth-order valence-corrected chi connectivity index (χ4v) is 9.32. The molecule has 5 N–H and O–H groups in total. The molecule has 330 valence electrons. The summed E-state index contributed by atoms with van der Waals surface area (Å²) in [7, 11) is -2.75. The number of hydrogen-bond donors (Lipinski definition) is 5. The Morgan fingerprint density at radius 2 is 0.857 bits per heavy atom. The Morgan fingerprint density at radius 1 is 0.446 bits per heavy atom. The van der Waals surface area contributed by atoms with Crippen LogP contribution in [0, 0.1) is 0 Å². The fourth-order valence-electron chi connectivity index (χ4n) is 6.71. The van der Waals surface area contributed by atoms with E-state index in [0.717, 1.165) is 32.1 Å². The van der Waals surface area contributed by atoms with Crippen LogP contribution in [0.4, 0.5) is 4.79 Å². The third-order valence-electron chi connectivity index (χ3n) is 9.90. The van der Waals surface area contributed by atoms with Crippen LogP contribution in [0.3, 0.4) is 0 Å². The first kappa shape index (κ1) is 53.8. The Morgan fingerprint density at radius 3 is 1.32 bits per heavy atom. The molecule has 0 spiro atoms. The van der Waals surface area contributed by atoms with E-state index in [2.05, 4.69) is 40.4 Å². The van der Waals surface area contributed by atoms with E-state index in [9.17, 15) is 19.2 Å². The third-order valence-corrected chi connectivity index (χ3v) is 13.0. The van der Waals surface area contributed by atoms with E-state index in [4.69, 9.17) is 13.3 Å². The number of unbranched alkanes of at least 4 members (excludes halogenated alkanes) is 18. The number of carbonyl (C=O) groups is 4. The van der Waals surface area contributed by atoms with Gasteiger partial charge in [-0.1, -0.05) is 129 Å². The van der Waals surface area contributed by atoms with Crippen molar-refractivity contribution in [2.24, 2.45) is 0 Å². The maximum absolute atomic E-state index is 13.2. The van der Waals surface area contributed by atoms with Crippen molar-refractivity contribution in [3.05, 3.63) is 0 Å². The van der Waals surface area contributed by atoms with Crippen molar-refractivity contribution in [2.75, 3.05) is 46.0 Å². The van der Waals surface area contributed by atoms with Crippen molar-refractivity contribution in [3.8, 4) is 0 Å². The number of amides is 5. The highest BCUT2D eigenvalue weighted by molar-refractivity contribution is 6.60. The molecule has 0 radical (unpaired) electrons. The standard InChI is InChI=1S/C43H87N5O7Si/c1-6-11-13-15-17-19-21-23-25-27-34-44-40(49)33-32-39(42(51)45-35-28-26-24-22-20-18-16-14-12-7-2)48-41(50)31-29-36-46-43(52)47-37-30-38-56(53-8-3,54-9-4)55-10-5/h39H,6-38H2,1-5H3,(H,44,49)(H,45,51)(H,48,50)(H2,46,47,52). The topological polar surface area (TPSA) is 156 Å². The summed E-state index contributed by atoms with van der Waals surface area (Å²) in [6.45, 7) is 13.7. The van der Waals surface area contributed by atoms with Gasteiger partial charge in [-0.2, -0.15) is 0 Å². The molecule has 12 nitrogen and oxygen atoms in total. The van der Waals surface area contributed by atoms with Crippen molar-refractivity contribution < 1.29 is 32.5 Å². The SMILES string of the molecule is CCCCCCCCCCCCNC(=O)CCC(NC(=O)CCCNC(=O)NCCC[Si](OCC)(OCC)OCC)C(=O)NCCCCCCCCCCCC. The summed E-state index contributed by atoms with van der Waals surface area (Å²) in [6.07, 6.45) is 26.2. The zero-order chi connectivity index (χ0) is 41.4. The van der Waals surface area contributed by atoms with Crippen LogP contribution in [0.2, 0.25) is 6.04 Å². The molecule has 0 bridgehead atoms. The molecule has 1 atom stereocenters. The van der Waals surface area contributed by atoms with Gasteiger partial charge in [-0.15, -0.1) is 0 Å². The smallest absolute Gasteiger partial charge is 0.374 e. The zero-order valence-corrected chi connectivity index (χ0v) is 37.8. The number of hydrogen-bond acceptors (Lipinski definition) is 7. The molecule has 56 heavy (non-hydrogen) atoms. The summed E-state index contributed by atoms with van der Waals surface area (Å²) < 4.78 is 17.6. The van der Waals surface area contributed by atoms with Gasteiger partial charge in [0.05, 0.1) is 0 Å². The first-order chi connectivity index (χ1) is 27.3. The molecule has 0 aliphatic heterocycles. The Balaban J connectivity index is 4.63. The van der Waals surface area contributed by atoms with Crippen LogP contribution in [-0.2, 0) is 27.7 Å². The van der Waals surface area contributed by atoms with E-state index in [-0.39, 0.29) is 43.0 Å². The monoisotopic (exact) mass is 814 g/mol. The molecule has 0 heterocycles. The van der Waals surface area contributed by atoms with Crippen LogP contribution in [0.15, 0.2) is 0 Å². The second-order valence-corrected chi connectivity index (χ2v) is 17.8. The van der Waals surface area contributed by atoms with Crippen LogP contribution >= 0.6 is 0 Å². The Hall–Kier alpha value is -2.22. The second-order valence-electron chi connectivity index (χ2n) is 15.0. The molecule has 0 aliphatic carbocycles. The molecule has 5 amide bonds. The number of carbonyl (C=O) groups excluding carboxylic acids is 4. The Labute approximate surface area is 344 Å². The lowest BCUT2D eigenvalue weighted by Crippen LogP contribution is -2.47. The predicted molar refractivity (Wildman–Crippen MR) is 232 cm³/mol. The number of rotatable bonds is 41. The minimum Gasteiger partial charge on any atom is -0.374 e. The van der Waals surface area contributed by atoms with Gasteiger partial charge in [0.15, 0.2) is 0 Å². The lowest BCUT2D eigenvalue weighted by molar-refractivity contribution is -0.129. The average Bonchev–Trinajstić information content (AvgIpc) is 3.18. The molecule has 13 heteroatoms. The maximum Gasteiger partial charge on any atom is 0.500 e. The van der Waals surface area contributed by atoms with Crippen LogP contribution < -0.4 is 26.6 Å². The summed E-state index contributed by atoms with van der Waals surface area (Å²) in [6, 6.07) is -0.488. The van der Waals surface area contributed by atoms with E-state index in [1.807, 2.05) is 20.8 Å². The summed E-state index contributed by atoms with van der Waals surface area (Å²) >= 11 is 0. The molecule has 1 unspecified atom stereocenters. The lowest BCUT2D eigenvalue weighted by Gasteiger charge is -2.28. The van der Waals surface area contributed by atoms with Gasteiger partial charge in [0.2, 0.25) is 17.7 Å². The number of urea groups is 1. The maximum atomic E-state index is 13.2. The molecular weight excluding hydrogens is 727 g/mol. The fraction of sp³-hybridized carbons (Fsp3) is 0.907. The molecule has 0 aromatic rings. The Bertz CT molecular complexity index is 945. The summed E-state index contributed by atoms with van der Waals surface area (Å²) in [4.78, 5) is 51.1. The van der Waals surface area contributed by atoms with E-state index in [1.54, 1.807) is 0 Å². The quantitative estimate of drug-likeness (QED) is 0.0305. The van der Waals surface area contributed by atoms with Crippen molar-refractivity contribution in [2.45, 2.75) is 207 Å². The largest absolute Gasteiger partial charge is 0.500 e. The molecular formula is C43H87N5O7Si. The zero-order valence-electron chi connectivity index (χ0n) is 36.8. The van der Waals surface area contributed by atoms with Crippen molar-refractivity contribution >= 4 is 32.6 Å². The molecule has 0 fully saturated rings. The first-order valence-corrected chi connectivity index (χ1v) is 25.0. The van der Waals surface area contributed by atoms with Gasteiger partial charge in [-0.25, -0.2) is 4.79 Å². The van der Waals surface area contributed by atoms with E-state index in [0.29, 0.717) is 64.9 Å². The molecule has 0 aromatic carbocycles. The highest BCUT2D eigenvalue weighted by Crippen LogP contribution is 2.18. The van der Waals surface area contributed by atoms with Crippen molar-refractivity contribution in [3.63, 3.8) is 0 Å². The average molecular weight is 814 g/mol. The summed E-state index contributed by atoms with van der Waals surface area (Å²) in [5, 5.41) is 14.5. The van der Waals surface area contributed by atoms with Gasteiger partial charge in [-0.3, -0.25) is 14.4 Å². The highest BCUT2D eigenvalue weighted by Gasteiger charge is 2.39. The van der Waals surface area contributed by atoms with E-state index in [1.165, 1.54) is 96.3 Å².